The molecule has 0 unspecified atom stereocenters. The Morgan fingerprint density at radius 1 is 1.22 bits per heavy atom. The summed E-state index contributed by atoms with van der Waals surface area (Å²) in [5.74, 6) is 0.101. The van der Waals surface area contributed by atoms with Gasteiger partial charge in [0.15, 0.2) is 11.5 Å². The third-order valence-corrected chi connectivity index (χ3v) is 3.88. The van der Waals surface area contributed by atoms with Crippen molar-refractivity contribution in [3.8, 4) is 23.3 Å². The smallest absolute Gasteiger partial charge is 0.346 e. The number of benzene rings is 2. The van der Waals surface area contributed by atoms with E-state index in [0.29, 0.717) is 23.7 Å². The molecular formula is C20H18ClNO5. The number of methoxy groups -OCH3 is 1. The number of nitriles is 1. The van der Waals surface area contributed by atoms with E-state index in [1.54, 1.807) is 12.1 Å². The maximum Gasteiger partial charge on any atom is 0.346 e. The summed E-state index contributed by atoms with van der Waals surface area (Å²) in [6.07, 6.45) is 1.21. The lowest BCUT2D eigenvalue weighted by Crippen LogP contribution is -2.10. The molecule has 0 aliphatic heterocycles. The molecule has 7 heteroatoms. The maximum absolute atomic E-state index is 11.0. The number of aliphatic carboxylic acids is 1. The lowest BCUT2D eigenvalue weighted by molar-refractivity contribution is -0.132. The van der Waals surface area contributed by atoms with Crippen molar-refractivity contribution >= 4 is 23.6 Å². The molecule has 0 saturated heterocycles. The largest absolute Gasteiger partial charge is 0.493 e. The van der Waals surface area contributed by atoms with E-state index < -0.39 is 11.5 Å². The molecule has 0 aliphatic rings. The number of ether oxygens (including phenoxy) is 3. The van der Waals surface area contributed by atoms with Crippen molar-refractivity contribution in [3.63, 3.8) is 0 Å². The molecule has 6 nitrogen and oxygen atoms in total. The van der Waals surface area contributed by atoms with Crippen molar-refractivity contribution in [3.05, 3.63) is 58.1 Å². The number of para-hydroxylation sites is 1. The molecule has 0 saturated carbocycles. The zero-order valence-corrected chi connectivity index (χ0v) is 15.6. The Kier molecular flexibility index (Phi) is 7.09. The number of hydrogen-bond donors (Lipinski definition) is 1. The lowest BCUT2D eigenvalue weighted by atomic mass is 10.1. The molecule has 27 heavy (non-hydrogen) atoms. The van der Waals surface area contributed by atoms with Crippen LogP contribution in [-0.2, 0) is 4.79 Å². The summed E-state index contributed by atoms with van der Waals surface area (Å²) in [6, 6.07) is 12.3. The van der Waals surface area contributed by atoms with Crippen molar-refractivity contribution < 1.29 is 24.1 Å². The highest BCUT2D eigenvalue weighted by Crippen LogP contribution is 2.37. The van der Waals surface area contributed by atoms with E-state index >= 15 is 0 Å². The fourth-order valence-electron chi connectivity index (χ4n) is 2.29. The van der Waals surface area contributed by atoms with E-state index in [0.717, 1.165) is 11.3 Å². The van der Waals surface area contributed by atoms with Crippen LogP contribution in [0.5, 0.6) is 17.2 Å². The molecule has 0 aliphatic carbocycles. The average Bonchev–Trinajstić information content (AvgIpc) is 2.65. The van der Waals surface area contributed by atoms with Crippen LogP contribution in [0.4, 0.5) is 0 Å². The Hall–Kier alpha value is -3.17. The van der Waals surface area contributed by atoms with Crippen LogP contribution in [0.3, 0.4) is 0 Å². The SMILES string of the molecule is COc1cc(C=C(C#N)C(=O)O)cc(Cl)c1OCCOc1ccccc1C. The standard InChI is InChI=1S/C20H18ClNO5/c1-13-5-3-4-6-17(13)26-7-8-27-19-16(21)10-14(11-18(19)25-2)9-15(12-22)20(23)24/h3-6,9-11H,7-8H2,1-2H3,(H,23,24). The first-order chi connectivity index (χ1) is 13.0. The van der Waals surface area contributed by atoms with Gasteiger partial charge < -0.3 is 19.3 Å². The second-order valence-corrected chi connectivity index (χ2v) is 5.88. The minimum Gasteiger partial charge on any atom is -0.493 e. The summed E-state index contributed by atoms with van der Waals surface area (Å²) in [7, 11) is 1.44. The van der Waals surface area contributed by atoms with E-state index in [-0.39, 0.29) is 11.6 Å². The van der Waals surface area contributed by atoms with E-state index in [2.05, 4.69) is 0 Å². The second-order valence-electron chi connectivity index (χ2n) is 5.47. The van der Waals surface area contributed by atoms with E-state index in [4.69, 9.17) is 36.2 Å². The predicted octanol–water partition coefficient (Wildman–Crippen LogP) is 4.11. The number of carbonyl (C=O) groups is 1. The minimum absolute atomic E-state index is 0.234. The summed E-state index contributed by atoms with van der Waals surface area (Å²) in [6.45, 7) is 2.50. The molecule has 0 heterocycles. The van der Waals surface area contributed by atoms with Gasteiger partial charge in [0.05, 0.1) is 12.1 Å². The fourth-order valence-corrected chi connectivity index (χ4v) is 2.56. The van der Waals surface area contributed by atoms with Crippen LogP contribution in [0.2, 0.25) is 5.02 Å². The van der Waals surface area contributed by atoms with Crippen molar-refractivity contribution in [2.45, 2.75) is 6.92 Å². The summed E-state index contributed by atoms with van der Waals surface area (Å²) in [4.78, 5) is 11.0. The summed E-state index contributed by atoms with van der Waals surface area (Å²) in [5, 5.41) is 18.0. The Balaban J connectivity index is 2.10. The normalized spacial score (nSPS) is 10.8. The molecule has 0 aromatic heterocycles. The third kappa shape index (κ3) is 5.40. The summed E-state index contributed by atoms with van der Waals surface area (Å²) in [5.41, 5.74) is 1.03. The van der Waals surface area contributed by atoms with Gasteiger partial charge in [-0.1, -0.05) is 29.8 Å². The van der Waals surface area contributed by atoms with E-state index in [9.17, 15) is 4.79 Å². The number of carboxylic acid groups (broad SMARTS) is 1. The van der Waals surface area contributed by atoms with Gasteiger partial charge in [-0.05, 0) is 42.3 Å². The van der Waals surface area contributed by atoms with Gasteiger partial charge in [-0.3, -0.25) is 0 Å². The van der Waals surface area contributed by atoms with Gasteiger partial charge in [-0.2, -0.15) is 5.26 Å². The molecular weight excluding hydrogens is 370 g/mol. The predicted molar refractivity (Wildman–Crippen MR) is 101 cm³/mol. The molecule has 140 valence electrons. The highest BCUT2D eigenvalue weighted by atomic mass is 35.5. The molecule has 2 rings (SSSR count). The molecule has 1 N–H and O–H groups in total. The highest BCUT2D eigenvalue weighted by molar-refractivity contribution is 6.32. The number of aryl methyl sites for hydroxylation is 1. The summed E-state index contributed by atoms with van der Waals surface area (Å²) >= 11 is 6.24. The van der Waals surface area contributed by atoms with Crippen LogP contribution in [0.25, 0.3) is 6.08 Å². The average molecular weight is 388 g/mol. The van der Waals surface area contributed by atoms with E-state index in [1.165, 1.54) is 19.3 Å². The number of nitrogens with zero attached hydrogens (tertiary/aromatic N) is 1. The molecule has 0 bridgehead atoms. The Labute approximate surface area is 162 Å². The van der Waals surface area contributed by atoms with Gasteiger partial charge in [-0.15, -0.1) is 0 Å². The number of carboxylic acids is 1. The van der Waals surface area contributed by atoms with Gasteiger partial charge >= 0.3 is 5.97 Å². The van der Waals surface area contributed by atoms with Crippen LogP contribution < -0.4 is 14.2 Å². The monoisotopic (exact) mass is 387 g/mol. The number of hydrogen-bond acceptors (Lipinski definition) is 5. The fraction of sp³-hybridized carbons (Fsp3) is 0.200. The molecule has 0 atom stereocenters. The van der Waals surface area contributed by atoms with Crippen LogP contribution in [0.1, 0.15) is 11.1 Å². The van der Waals surface area contributed by atoms with Gasteiger partial charge in [0.1, 0.15) is 30.6 Å². The molecule has 0 spiro atoms. The van der Waals surface area contributed by atoms with Crippen LogP contribution in [0.15, 0.2) is 42.0 Å². The van der Waals surface area contributed by atoms with Gasteiger partial charge in [0, 0.05) is 0 Å². The quantitative estimate of drug-likeness (QED) is 0.416. The number of halogens is 1. The van der Waals surface area contributed by atoms with Gasteiger partial charge in [0.25, 0.3) is 0 Å². The molecule has 0 amide bonds. The second kappa shape index (κ2) is 9.51. The summed E-state index contributed by atoms with van der Waals surface area (Å²) < 4.78 is 16.6. The third-order valence-electron chi connectivity index (χ3n) is 3.59. The molecule has 2 aromatic rings. The molecule has 0 radical (unpaired) electrons. The van der Waals surface area contributed by atoms with Crippen LogP contribution in [-0.4, -0.2) is 31.4 Å². The zero-order valence-electron chi connectivity index (χ0n) is 14.9. The minimum atomic E-state index is -1.32. The van der Waals surface area contributed by atoms with E-state index in [1.807, 2.05) is 31.2 Å². The molecule has 0 fully saturated rings. The maximum atomic E-state index is 11.0. The van der Waals surface area contributed by atoms with Crippen molar-refractivity contribution in [1.29, 1.82) is 5.26 Å². The van der Waals surface area contributed by atoms with Crippen molar-refractivity contribution in [2.75, 3.05) is 20.3 Å². The first-order valence-electron chi connectivity index (χ1n) is 8.00. The Morgan fingerprint density at radius 2 is 1.93 bits per heavy atom. The van der Waals surface area contributed by atoms with Gasteiger partial charge in [0.2, 0.25) is 0 Å². The van der Waals surface area contributed by atoms with Gasteiger partial charge in [-0.25, -0.2) is 4.79 Å². The zero-order chi connectivity index (χ0) is 19.8. The van der Waals surface area contributed by atoms with Crippen molar-refractivity contribution in [2.24, 2.45) is 0 Å². The van der Waals surface area contributed by atoms with Crippen molar-refractivity contribution in [1.82, 2.24) is 0 Å². The highest BCUT2D eigenvalue weighted by Gasteiger charge is 2.13. The Morgan fingerprint density at radius 3 is 2.56 bits per heavy atom. The first-order valence-corrected chi connectivity index (χ1v) is 8.38. The first kappa shape index (κ1) is 20.1. The molecule has 2 aromatic carbocycles. The van der Waals surface area contributed by atoms with Crippen LogP contribution >= 0.6 is 11.6 Å². The van der Waals surface area contributed by atoms with Crippen LogP contribution in [0, 0.1) is 18.3 Å². The number of rotatable bonds is 8. The lowest BCUT2D eigenvalue weighted by Gasteiger charge is -2.14. The Bertz CT molecular complexity index is 902. The topological polar surface area (TPSA) is 88.8 Å².